The third-order valence-corrected chi connectivity index (χ3v) is 10.8. The number of hydrogen-bond acceptors (Lipinski definition) is 3. The summed E-state index contributed by atoms with van der Waals surface area (Å²) >= 11 is -2.07. The van der Waals surface area contributed by atoms with E-state index in [1.54, 1.807) is 0 Å². The fourth-order valence-corrected chi connectivity index (χ4v) is 8.20. The molecule has 1 heterocycles. The number of hydrogen-bond donors (Lipinski definition) is 0. The van der Waals surface area contributed by atoms with E-state index in [4.69, 9.17) is 9.40 Å². The second-order valence-corrected chi connectivity index (χ2v) is 28.7. The van der Waals surface area contributed by atoms with E-state index in [2.05, 4.69) is 39.1 Å². The predicted octanol–water partition coefficient (Wildman–Crippen LogP) is 5.94. The topological polar surface area (TPSA) is 26.0 Å². The van der Waals surface area contributed by atoms with Gasteiger partial charge in [-0.05, 0) is 0 Å². The van der Waals surface area contributed by atoms with Crippen LogP contribution in [0.5, 0.6) is 0 Å². The molecular formula is C18H19NOSSn. The van der Waals surface area contributed by atoms with Crippen LogP contribution in [0.3, 0.4) is 0 Å². The first-order chi connectivity index (χ1) is 10.5. The molecule has 22 heavy (non-hydrogen) atoms. The molecule has 0 aliphatic rings. The van der Waals surface area contributed by atoms with Crippen molar-refractivity contribution in [2.75, 3.05) is 0 Å². The number of aromatic nitrogens is 1. The number of oxazole rings is 1. The Kier molecular flexibility index (Phi) is 4.64. The van der Waals surface area contributed by atoms with Crippen LogP contribution in [-0.4, -0.2) is 22.0 Å². The van der Waals surface area contributed by atoms with Crippen molar-refractivity contribution >= 4 is 25.9 Å². The fourth-order valence-electron chi connectivity index (χ4n) is 2.18. The third kappa shape index (κ3) is 3.76. The van der Waals surface area contributed by atoms with Gasteiger partial charge in [-0.25, -0.2) is 0 Å². The van der Waals surface area contributed by atoms with Crippen LogP contribution in [0.15, 0.2) is 70.3 Å². The quantitative estimate of drug-likeness (QED) is 0.493. The molecule has 0 amide bonds. The van der Waals surface area contributed by atoms with Gasteiger partial charge in [0.25, 0.3) is 0 Å². The molecule has 112 valence electrons. The average Bonchev–Trinajstić information content (AvgIpc) is 2.91. The van der Waals surface area contributed by atoms with Crippen molar-refractivity contribution in [2.45, 2.75) is 20.0 Å². The van der Waals surface area contributed by atoms with Crippen molar-refractivity contribution in [1.29, 1.82) is 0 Å². The van der Waals surface area contributed by atoms with Crippen LogP contribution in [0.1, 0.15) is 0 Å². The molecule has 0 saturated carbocycles. The van der Waals surface area contributed by atoms with Gasteiger partial charge in [0.15, 0.2) is 0 Å². The van der Waals surface area contributed by atoms with Crippen molar-refractivity contribution in [2.24, 2.45) is 0 Å². The number of nitrogens with zero attached hydrogens (tertiary/aromatic N) is 1. The minimum atomic E-state index is -2.07. The average molecular weight is 416 g/mol. The Morgan fingerprint density at radius 1 is 0.818 bits per heavy atom. The molecule has 3 rings (SSSR count). The van der Waals surface area contributed by atoms with Gasteiger partial charge in [0.05, 0.1) is 0 Å². The molecule has 0 bridgehead atoms. The van der Waals surface area contributed by atoms with Gasteiger partial charge in [0.1, 0.15) is 0 Å². The molecule has 2 nitrogen and oxygen atoms in total. The van der Waals surface area contributed by atoms with Crippen LogP contribution in [0.4, 0.5) is 0 Å². The second-order valence-electron chi connectivity index (χ2n) is 6.10. The summed E-state index contributed by atoms with van der Waals surface area (Å²) in [6.45, 7) is 0. The Bertz CT molecular complexity index is 691. The fraction of sp³-hybridized carbons (Fsp3) is 0.167. The Labute approximate surface area is 138 Å². The molecule has 0 N–H and O–H groups in total. The molecular weight excluding hydrogens is 397 g/mol. The van der Waals surface area contributed by atoms with Gasteiger partial charge in [-0.2, -0.15) is 0 Å². The summed E-state index contributed by atoms with van der Waals surface area (Å²) in [6.07, 6.45) is 0. The Morgan fingerprint density at radius 2 is 1.36 bits per heavy atom. The summed E-state index contributed by atoms with van der Waals surface area (Å²) in [7, 11) is 1.86. The van der Waals surface area contributed by atoms with Crippen LogP contribution >= 0.6 is 8.95 Å². The maximum atomic E-state index is 6.14. The molecule has 2 aromatic carbocycles. The van der Waals surface area contributed by atoms with Gasteiger partial charge in [-0.3, -0.25) is 0 Å². The predicted molar refractivity (Wildman–Crippen MR) is 96.6 cm³/mol. The van der Waals surface area contributed by atoms with Crippen molar-refractivity contribution < 1.29 is 4.42 Å². The minimum absolute atomic E-state index is 0.806. The first-order valence-corrected chi connectivity index (χ1v) is 20.2. The van der Waals surface area contributed by atoms with Crippen LogP contribution in [0, 0.1) is 0 Å². The Balaban J connectivity index is 2.11. The number of rotatable bonds is 4. The molecule has 0 fully saturated rings. The normalized spacial score (nSPS) is 11.6. The van der Waals surface area contributed by atoms with Crippen molar-refractivity contribution in [3.8, 4) is 22.6 Å². The van der Waals surface area contributed by atoms with E-state index in [1.807, 2.05) is 45.3 Å². The van der Waals surface area contributed by atoms with E-state index < -0.39 is 17.0 Å². The summed E-state index contributed by atoms with van der Waals surface area (Å²) in [5.41, 5.74) is 3.11. The van der Waals surface area contributed by atoms with E-state index in [9.17, 15) is 0 Å². The van der Waals surface area contributed by atoms with Gasteiger partial charge in [-0.1, -0.05) is 0 Å². The monoisotopic (exact) mass is 417 g/mol. The molecule has 1 aromatic heterocycles. The van der Waals surface area contributed by atoms with Crippen LogP contribution in [0.2, 0.25) is 14.8 Å². The maximum absolute atomic E-state index is 6.14. The van der Waals surface area contributed by atoms with Crippen molar-refractivity contribution in [3.05, 3.63) is 60.7 Å². The molecule has 0 spiro atoms. The first-order valence-electron chi connectivity index (χ1n) is 7.34. The number of benzene rings is 2. The molecule has 0 aliphatic heterocycles. The summed E-state index contributed by atoms with van der Waals surface area (Å²) in [5.74, 6) is 0.866. The van der Waals surface area contributed by atoms with E-state index in [0.29, 0.717) is 0 Å². The van der Waals surface area contributed by atoms with Crippen LogP contribution in [-0.2, 0) is 0 Å². The third-order valence-electron chi connectivity index (χ3n) is 3.08. The molecule has 0 radical (unpaired) electrons. The van der Waals surface area contributed by atoms with Crippen LogP contribution < -0.4 is 0 Å². The zero-order valence-electron chi connectivity index (χ0n) is 13.0. The SMILES string of the molecule is [CH3][Sn]([CH3])([CH3])[S]c1nc(-c2ccccc2)c(-c2ccccc2)o1. The van der Waals surface area contributed by atoms with Crippen molar-refractivity contribution in [1.82, 2.24) is 4.98 Å². The first kappa shape index (κ1) is 15.7. The molecule has 4 heteroatoms. The van der Waals surface area contributed by atoms with Crippen molar-refractivity contribution in [3.63, 3.8) is 0 Å². The van der Waals surface area contributed by atoms with Gasteiger partial charge >= 0.3 is 139 Å². The Morgan fingerprint density at radius 3 is 1.91 bits per heavy atom. The van der Waals surface area contributed by atoms with Gasteiger partial charge in [0, 0.05) is 0 Å². The van der Waals surface area contributed by atoms with Gasteiger partial charge in [-0.15, -0.1) is 0 Å². The van der Waals surface area contributed by atoms with Gasteiger partial charge in [0.2, 0.25) is 0 Å². The Hall–Kier alpha value is -1.20. The zero-order valence-corrected chi connectivity index (χ0v) is 16.7. The van der Waals surface area contributed by atoms with E-state index in [0.717, 1.165) is 27.8 Å². The van der Waals surface area contributed by atoms with E-state index in [1.165, 1.54) is 0 Å². The molecule has 0 saturated heterocycles. The molecule has 0 atom stereocenters. The second kappa shape index (κ2) is 6.50. The molecule has 0 unspecified atom stereocenters. The summed E-state index contributed by atoms with van der Waals surface area (Å²) in [5, 5.41) is 0.806. The van der Waals surface area contributed by atoms with Gasteiger partial charge < -0.3 is 0 Å². The zero-order chi connectivity index (χ0) is 15.6. The summed E-state index contributed by atoms with van der Waals surface area (Å²) in [6, 6.07) is 20.5. The molecule has 0 aliphatic carbocycles. The standard InChI is InChI=1S/C15H11NOS.3CH3.Sn/c18-15-16-13(11-7-3-1-4-8-11)14(17-15)12-9-5-2-6-10-12;;;;/h1-10H,(H,16,18);3*1H3;/q;;;;+1/p-1. The van der Waals surface area contributed by atoms with E-state index >= 15 is 0 Å². The van der Waals surface area contributed by atoms with Crippen LogP contribution in [0.25, 0.3) is 22.6 Å². The summed E-state index contributed by atoms with van der Waals surface area (Å²) in [4.78, 5) is 11.9. The van der Waals surface area contributed by atoms with E-state index in [-0.39, 0.29) is 0 Å². The summed E-state index contributed by atoms with van der Waals surface area (Å²) < 4.78 is 6.14. The molecule has 3 aromatic rings.